The summed E-state index contributed by atoms with van der Waals surface area (Å²) in [4.78, 5) is 145. The number of benzene rings is 4. The van der Waals surface area contributed by atoms with E-state index in [0.717, 1.165) is 0 Å². The molecule has 9 atom stereocenters. The van der Waals surface area contributed by atoms with E-state index in [9.17, 15) is 38.7 Å². The monoisotopic (exact) mass is 1150 g/mol. The third-order valence-corrected chi connectivity index (χ3v) is 17.9. The number of amides is 8. The van der Waals surface area contributed by atoms with Gasteiger partial charge in [0.15, 0.2) is 5.78 Å². The average molecular weight is 1150 g/mol. The molecule has 0 saturated carbocycles. The van der Waals surface area contributed by atoms with Crippen molar-refractivity contribution in [3.63, 3.8) is 0 Å². The summed E-state index contributed by atoms with van der Waals surface area (Å²) in [6.07, 6.45) is -4.13. The van der Waals surface area contributed by atoms with E-state index in [4.69, 9.17) is 10.5 Å². The van der Waals surface area contributed by atoms with Crippen LogP contribution in [0.3, 0.4) is 0 Å². The van der Waals surface area contributed by atoms with Crippen LogP contribution in [-0.4, -0.2) is 124 Å². The zero-order valence-electron chi connectivity index (χ0n) is 48.0. The normalized spacial score (nSPS) is 20.9. The van der Waals surface area contributed by atoms with Gasteiger partial charge in [-0.05, 0) is 79.7 Å². The van der Waals surface area contributed by atoms with Crippen LogP contribution in [0.4, 0.5) is 0 Å². The summed E-state index contributed by atoms with van der Waals surface area (Å²) in [5.74, 6) is -10.3. The maximum absolute atomic E-state index is 16.4. The molecule has 1 aliphatic heterocycles. The molecular weight excluding hydrogens is 1070 g/mol. The Balaban J connectivity index is 1.77. The molecule has 5 rings (SSSR count). The van der Waals surface area contributed by atoms with Crippen molar-refractivity contribution >= 4 is 87.1 Å². The largest absolute Gasteiger partial charge is 0.458 e. The van der Waals surface area contributed by atoms with E-state index in [0.29, 0.717) is 21.5 Å². The minimum atomic E-state index is -3.75. The first kappa shape index (κ1) is 64.9. The molecule has 10 N–H and O–H groups in total. The number of hydrogen-bond donors (Lipinski definition) is 9. The Morgan fingerprint density at radius 1 is 0.598 bits per heavy atom. The van der Waals surface area contributed by atoms with Gasteiger partial charge in [0.25, 0.3) is 5.91 Å². The molecule has 0 bridgehead atoms. The number of ketones is 1. The maximum atomic E-state index is 16.4. The molecule has 1 aliphatic rings. The highest BCUT2D eigenvalue weighted by molar-refractivity contribution is 7.97. The van der Waals surface area contributed by atoms with E-state index >= 15 is 14.4 Å². The second kappa shape index (κ2) is 30.2. The number of hydrogen-bond acceptors (Lipinski definition) is 12. The summed E-state index contributed by atoms with van der Waals surface area (Å²) in [6.45, 7) is 10.7. The van der Waals surface area contributed by atoms with Gasteiger partial charge in [-0.3, -0.25) is 43.2 Å². The minimum Gasteiger partial charge on any atom is -0.458 e. The number of carbonyl (C=O) groups excluding carboxylic acids is 10. The molecule has 82 heavy (non-hydrogen) atoms. The van der Waals surface area contributed by atoms with Gasteiger partial charge in [-0.15, -0.1) is 0 Å². The van der Waals surface area contributed by atoms with Crippen molar-refractivity contribution in [2.45, 2.75) is 149 Å². The van der Waals surface area contributed by atoms with Crippen molar-refractivity contribution in [3.05, 3.63) is 127 Å². The zero-order valence-corrected chi connectivity index (χ0v) is 48.9. The topological polar surface area (TPSA) is 310 Å². The summed E-state index contributed by atoms with van der Waals surface area (Å²) in [6, 6.07) is 24.2. The van der Waals surface area contributed by atoms with Gasteiger partial charge in [-0.1, -0.05) is 163 Å². The summed E-state index contributed by atoms with van der Waals surface area (Å²) in [5, 5.41) is 30.9. The van der Waals surface area contributed by atoms with E-state index < -0.39 is 127 Å². The predicted octanol–water partition coefficient (Wildman–Crippen LogP) is 1.72. The van der Waals surface area contributed by atoms with Gasteiger partial charge in [0, 0.05) is 12.8 Å². The highest BCUT2D eigenvalue weighted by Crippen LogP contribution is 2.47. The minimum absolute atomic E-state index is 0.00386. The quantitative estimate of drug-likeness (QED) is 0.0479. The lowest BCUT2D eigenvalue weighted by atomic mass is 9.96. The fourth-order valence-electron chi connectivity index (χ4n) is 9.67. The summed E-state index contributed by atoms with van der Waals surface area (Å²) < 4.78 is 5.79. The fourth-order valence-corrected chi connectivity index (χ4v) is 14.1. The molecule has 440 valence electrons. The lowest BCUT2D eigenvalue weighted by Crippen LogP contribution is -2.63. The summed E-state index contributed by atoms with van der Waals surface area (Å²) in [5.41, 5.74) is 6.26. The van der Waals surface area contributed by atoms with Crippen LogP contribution in [0.2, 0.25) is 0 Å². The highest BCUT2D eigenvalue weighted by atomic mass is 31.2. The third kappa shape index (κ3) is 17.5. The van der Waals surface area contributed by atoms with Gasteiger partial charge in [-0.2, -0.15) is 0 Å². The Bertz CT molecular complexity index is 2860. The number of nitrogens with one attached hydrogen (secondary N) is 7. The van der Waals surface area contributed by atoms with Gasteiger partial charge in [0.05, 0.1) is 23.9 Å². The molecule has 2 unspecified atom stereocenters. The maximum Gasteiger partial charge on any atom is 0.328 e. The molecule has 20 nitrogen and oxygen atoms in total. The SMILES string of the molecule is CC(C)CC(=O)N[C@@H](Cc1ccccc1)C(=O)N[C@H](C(=O)N[C@@H]1C(=O)N[C@@H](CC(C)C)C(=O)C(=P(c2ccccc2)(c2ccccc2)c2ccccc2)C(=O)N[C@@H](CC(C)C)C(=O)N[C@@H](CC(N)=O)C(=O)N[C@H](C)C(=O)OC1C)C(C)O. The van der Waals surface area contributed by atoms with E-state index in [1.165, 1.54) is 20.8 Å². The highest BCUT2D eigenvalue weighted by Gasteiger charge is 2.44. The van der Waals surface area contributed by atoms with Gasteiger partial charge in [0.1, 0.15) is 42.4 Å². The molecule has 21 heteroatoms. The Hall–Kier alpha value is -7.96. The van der Waals surface area contributed by atoms with Crippen LogP contribution < -0.4 is 58.9 Å². The number of cyclic esters (lactones) is 1. The number of nitrogens with two attached hydrogens (primary N) is 1. The summed E-state index contributed by atoms with van der Waals surface area (Å²) in [7, 11) is 0. The van der Waals surface area contributed by atoms with Crippen molar-refractivity contribution in [3.8, 4) is 0 Å². The predicted molar refractivity (Wildman–Crippen MR) is 314 cm³/mol. The van der Waals surface area contributed by atoms with Gasteiger partial charge in [-0.25, -0.2) is 4.79 Å². The Labute approximate surface area is 479 Å². The standard InChI is InChI=1S/C61H79N8O12P/c1-35(2)30-45-53(73)54(82(42-24-16-11-17-25-42,43-26-18-12-19-27-43)44-28-20-13-21-29-44)60(79)67-46(31-36(3)4)56(75)66-48(34-49(62)71)55(74)63-38(7)61(80)81-40(9)52(59(78)65-45)69-58(77)51(39(8)70)68-57(76)47(64-50(72)32-37(5)6)33-41-22-14-10-15-23-41/h10-29,35-40,45-48,51-52,70H,30-34H2,1-9H3,(H2,62,71)(H,63,74)(H,64,72)(H,65,78)(H,66,75)(H,67,79)(H,68,76)(H,69,77)/t38-,39?,40?,45+,46+,47+,48+,51+,52+/m1/s1. The smallest absolute Gasteiger partial charge is 0.328 e. The van der Waals surface area contributed by atoms with Gasteiger partial charge < -0.3 is 52.8 Å². The van der Waals surface area contributed by atoms with Crippen LogP contribution in [0, 0.1) is 17.8 Å². The number of primary amides is 1. The van der Waals surface area contributed by atoms with E-state index in [1.807, 2.05) is 13.8 Å². The van der Waals surface area contributed by atoms with Crippen LogP contribution in [0.25, 0.3) is 0 Å². The van der Waals surface area contributed by atoms with Crippen molar-refractivity contribution in [2.24, 2.45) is 23.5 Å². The van der Waals surface area contributed by atoms with Crippen LogP contribution in [0.1, 0.15) is 93.6 Å². The molecule has 0 spiro atoms. The first-order valence-electron chi connectivity index (χ1n) is 27.6. The number of aliphatic hydroxyl groups is 1. The number of rotatable bonds is 19. The lowest BCUT2D eigenvalue weighted by Gasteiger charge is -2.35. The van der Waals surface area contributed by atoms with Gasteiger partial charge in [0.2, 0.25) is 41.4 Å². The second-order valence-corrected chi connectivity index (χ2v) is 25.3. The zero-order chi connectivity index (χ0) is 60.4. The van der Waals surface area contributed by atoms with E-state index in [-0.39, 0.29) is 48.7 Å². The molecule has 1 fully saturated rings. The number of Topliss-reactive ketones (excluding diaryl/α,β-unsaturated/α-hetero) is 1. The molecule has 4 aromatic carbocycles. The van der Waals surface area contributed by atoms with E-state index in [1.54, 1.807) is 149 Å². The molecule has 0 aliphatic carbocycles. The van der Waals surface area contributed by atoms with Crippen molar-refractivity contribution in [1.82, 2.24) is 37.2 Å². The van der Waals surface area contributed by atoms with Gasteiger partial charge >= 0.3 is 5.97 Å². The first-order chi connectivity index (χ1) is 38.8. The molecular formula is C61H79N8O12P. The molecule has 4 aromatic rings. The van der Waals surface area contributed by atoms with Crippen LogP contribution in [-0.2, 0) is 59.1 Å². The number of aliphatic hydroxyl groups excluding tert-OH is 1. The van der Waals surface area contributed by atoms with Crippen LogP contribution in [0.5, 0.6) is 0 Å². The first-order valence-corrected chi connectivity index (χ1v) is 29.4. The Kier molecular flexibility index (Phi) is 23.9. The molecule has 0 aromatic heterocycles. The fraction of sp³-hybridized carbons (Fsp3) is 0.426. The number of esters is 1. The van der Waals surface area contributed by atoms with Crippen LogP contribution >= 0.6 is 6.89 Å². The molecule has 1 saturated heterocycles. The molecule has 0 radical (unpaired) electrons. The number of carbonyl (C=O) groups is 10. The van der Waals surface area contributed by atoms with Crippen molar-refractivity contribution in [1.29, 1.82) is 0 Å². The van der Waals surface area contributed by atoms with Crippen molar-refractivity contribution < 1.29 is 57.8 Å². The van der Waals surface area contributed by atoms with E-state index in [2.05, 4.69) is 37.2 Å². The summed E-state index contributed by atoms with van der Waals surface area (Å²) >= 11 is 0. The Morgan fingerprint density at radius 3 is 1.55 bits per heavy atom. The average Bonchev–Trinajstić information content (AvgIpc) is 1.07. The Morgan fingerprint density at radius 2 is 1.07 bits per heavy atom. The molecule has 1 heterocycles. The van der Waals surface area contributed by atoms with Crippen LogP contribution in [0.15, 0.2) is 121 Å². The molecule has 8 amide bonds. The second-order valence-electron chi connectivity index (χ2n) is 22.0. The third-order valence-electron chi connectivity index (χ3n) is 13.6. The number of ether oxygens (including phenoxy) is 1. The lowest BCUT2D eigenvalue weighted by molar-refractivity contribution is -0.156. The van der Waals surface area contributed by atoms with Crippen molar-refractivity contribution in [2.75, 3.05) is 0 Å².